The molecule has 0 spiro atoms. The van der Waals surface area contributed by atoms with Gasteiger partial charge in [0.2, 0.25) is 0 Å². The second-order valence-electron chi connectivity index (χ2n) is 5.88. The van der Waals surface area contributed by atoms with Crippen molar-refractivity contribution >= 4 is 17.3 Å². The fraction of sp³-hybridized carbons (Fsp3) is 0.667. The predicted molar refractivity (Wildman–Crippen MR) is 100 cm³/mol. The average molecular weight is 335 g/mol. The third-order valence-corrected chi connectivity index (χ3v) is 5.05. The molecule has 0 unspecified atom stereocenters. The molecule has 1 aromatic heterocycles. The Kier molecular flexibility index (Phi) is 8.15. The summed E-state index contributed by atoms with van der Waals surface area (Å²) in [5, 5.41) is 10.1. The van der Waals surface area contributed by atoms with Gasteiger partial charge in [0, 0.05) is 31.4 Å². The van der Waals surface area contributed by atoms with Crippen molar-refractivity contribution in [2.45, 2.75) is 58.8 Å². The van der Waals surface area contributed by atoms with E-state index in [2.05, 4.69) is 45.9 Å². The highest BCUT2D eigenvalue weighted by molar-refractivity contribution is 7.09. The number of allylic oxidation sites excluding steroid dienone is 1. The van der Waals surface area contributed by atoms with Crippen molar-refractivity contribution in [2.75, 3.05) is 19.6 Å². The van der Waals surface area contributed by atoms with Crippen LogP contribution in [-0.2, 0) is 12.8 Å². The summed E-state index contributed by atoms with van der Waals surface area (Å²) in [5.74, 6) is 0.926. The van der Waals surface area contributed by atoms with Gasteiger partial charge in [0.05, 0.1) is 10.7 Å². The summed E-state index contributed by atoms with van der Waals surface area (Å²) in [4.78, 5) is 9.26. The first-order chi connectivity index (χ1) is 11.3. The molecule has 0 aliphatic heterocycles. The van der Waals surface area contributed by atoms with Crippen LogP contribution in [-0.4, -0.2) is 30.6 Å². The van der Waals surface area contributed by atoms with E-state index in [1.165, 1.54) is 36.4 Å². The molecule has 1 aromatic rings. The summed E-state index contributed by atoms with van der Waals surface area (Å²) >= 11 is 1.75. The molecule has 5 heteroatoms. The Bertz CT molecular complexity index is 519. The van der Waals surface area contributed by atoms with E-state index in [-0.39, 0.29) is 0 Å². The minimum atomic E-state index is 0.783. The molecular formula is C18H30N4S. The average Bonchev–Trinajstić information content (AvgIpc) is 3.04. The van der Waals surface area contributed by atoms with Crippen LogP contribution in [0.1, 0.15) is 56.7 Å². The predicted octanol–water partition coefficient (Wildman–Crippen LogP) is 3.69. The Morgan fingerprint density at radius 1 is 1.26 bits per heavy atom. The van der Waals surface area contributed by atoms with Gasteiger partial charge in [0.1, 0.15) is 0 Å². The molecule has 0 fully saturated rings. The number of hydrogen-bond acceptors (Lipinski definition) is 3. The van der Waals surface area contributed by atoms with Crippen molar-refractivity contribution in [3.63, 3.8) is 0 Å². The quantitative estimate of drug-likeness (QED) is 0.433. The molecule has 2 N–H and O–H groups in total. The van der Waals surface area contributed by atoms with E-state index in [0.29, 0.717) is 0 Å². The number of nitrogens with one attached hydrogen (secondary N) is 2. The van der Waals surface area contributed by atoms with Crippen LogP contribution in [0.25, 0.3) is 0 Å². The lowest BCUT2D eigenvalue weighted by atomic mass is 9.97. The second kappa shape index (κ2) is 10.4. The van der Waals surface area contributed by atoms with Crippen molar-refractivity contribution in [2.24, 2.45) is 4.99 Å². The van der Waals surface area contributed by atoms with Crippen LogP contribution in [0.3, 0.4) is 0 Å². The zero-order valence-electron chi connectivity index (χ0n) is 14.5. The highest BCUT2D eigenvalue weighted by atomic mass is 32.1. The van der Waals surface area contributed by atoms with Crippen molar-refractivity contribution in [1.29, 1.82) is 0 Å². The van der Waals surface area contributed by atoms with Crippen molar-refractivity contribution in [1.82, 2.24) is 15.6 Å². The van der Waals surface area contributed by atoms with E-state index in [1.54, 1.807) is 16.9 Å². The van der Waals surface area contributed by atoms with Gasteiger partial charge in [0.25, 0.3) is 0 Å². The lowest BCUT2D eigenvalue weighted by molar-refractivity contribution is 0.665. The molecule has 128 valence electrons. The van der Waals surface area contributed by atoms with Gasteiger partial charge in [-0.3, -0.25) is 4.99 Å². The molecular weight excluding hydrogens is 304 g/mol. The Hall–Kier alpha value is -1.36. The van der Waals surface area contributed by atoms with Gasteiger partial charge in [0.15, 0.2) is 5.96 Å². The summed E-state index contributed by atoms with van der Waals surface area (Å²) < 4.78 is 0. The maximum atomic E-state index is 4.67. The molecule has 4 nitrogen and oxygen atoms in total. The van der Waals surface area contributed by atoms with Crippen LogP contribution in [0.15, 0.2) is 22.0 Å². The largest absolute Gasteiger partial charge is 0.357 e. The molecule has 0 bridgehead atoms. The van der Waals surface area contributed by atoms with Gasteiger partial charge in [-0.1, -0.05) is 18.6 Å². The molecule has 0 amide bonds. The molecule has 1 aliphatic carbocycles. The second-order valence-corrected chi connectivity index (χ2v) is 6.82. The maximum Gasteiger partial charge on any atom is 0.191 e. The van der Waals surface area contributed by atoms with E-state index in [4.69, 9.17) is 0 Å². The number of aryl methyl sites for hydroxylation is 1. The number of aliphatic imine (C=N–C) groups is 1. The monoisotopic (exact) mass is 334 g/mol. The van der Waals surface area contributed by atoms with Crippen LogP contribution < -0.4 is 10.6 Å². The van der Waals surface area contributed by atoms with Gasteiger partial charge in [-0.25, -0.2) is 4.98 Å². The Labute approximate surface area is 144 Å². The fourth-order valence-electron chi connectivity index (χ4n) is 2.72. The minimum absolute atomic E-state index is 0.783. The molecule has 1 heterocycles. The van der Waals surface area contributed by atoms with E-state index in [1.807, 2.05) is 0 Å². The number of guanidine groups is 1. The topological polar surface area (TPSA) is 49.3 Å². The van der Waals surface area contributed by atoms with Gasteiger partial charge in [-0.15, -0.1) is 11.3 Å². The Balaban J connectivity index is 1.73. The molecule has 2 rings (SSSR count). The third kappa shape index (κ3) is 6.73. The summed E-state index contributed by atoms with van der Waals surface area (Å²) in [6, 6.07) is 0. The number of rotatable bonds is 8. The third-order valence-electron chi connectivity index (χ3n) is 4.01. The number of hydrogen-bond donors (Lipinski definition) is 2. The minimum Gasteiger partial charge on any atom is -0.357 e. The molecule has 0 saturated carbocycles. The van der Waals surface area contributed by atoms with Gasteiger partial charge in [-0.05, 0) is 45.4 Å². The van der Waals surface area contributed by atoms with Crippen LogP contribution in [0, 0.1) is 0 Å². The summed E-state index contributed by atoms with van der Waals surface area (Å²) in [5.41, 5.74) is 2.77. The lowest BCUT2D eigenvalue weighted by Gasteiger charge is -2.15. The molecule has 0 atom stereocenters. The molecule has 0 radical (unpaired) electrons. The molecule has 0 saturated heterocycles. The zero-order valence-corrected chi connectivity index (χ0v) is 15.3. The summed E-state index contributed by atoms with van der Waals surface area (Å²) in [6.07, 6.45) is 10.7. The first kappa shape index (κ1) is 18.0. The Morgan fingerprint density at radius 3 is 2.87 bits per heavy atom. The first-order valence-electron chi connectivity index (χ1n) is 8.95. The fourth-order valence-corrected chi connectivity index (χ4v) is 3.50. The van der Waals surface area contributed by atoms with Crippen molar-refractivity contribution in [3.8, 4) is 0 Å². The van der Waals surface area contributed by atoms with Crippen molar-refractivity contribution in [3.05, 3.63) is 27.7 Å². The van der Waals surface area contributed by atoms with Crippen LogP contribution in [0.4, 0.5) is 0 Å². The number of thiazole rings is 1. The molecule has 23 heavy (non-hydrogen) atoms. The smallest absolute Gasteiger partial charge is 0.191 e. The van der Waals surface area contributed by atoms with E-state index < -0.39 is 0 Å². The molecule has 1 aliphatic rings. The van der Waals surface area contributed by atoms with E-state index >= 15 is 0 Å². The van der Waals surface area contributed by atoms with Crippen LogP contribution in [0.2, 0.25) is 0 Å². The van der Waals surface area contributed by atoms with E-state index in [9.17, 15) is 0 Å². The van der Waals surface area contributed by atoms with Crippen LogP contribution in [0.5, 0.6) is 0 Å². The SMILES string of the molecule is CCNC(=NCCc1csc(CC)n1)NCCC1=CCCCC1. The van der Waals surface area contributed by atoms with E-state index in [0.717, 1.165) is 44.9 Å². The van der Waals surface area contributed by atoms with Gasteiger partial charge in [-0.2, -0.15) is 0 Å². The Morgan fingerprint density at radius 2 is 2.17 bits per heavy atom. The highest BCUT2D eigenvalue weighted by Crippen LogP contribution is 2.19. The summed E-state index contributed by atoms with van der Waals surface area (Å²) in [7, 11) is 0. The van der Waals surface area contributed by atoms with Gasteiger partial charge >= 0.3 is 0 Å². The number of nitrogens with zero attached hydrogens (tertiary/aromatic N) is 2. The first-order valence-corrected chi connectivity index (χ1v) is 9.83. The van der Waals surface area contributed by atoms with Crippen molar-refractivity contribution < 1.29 is 0 Å². The molecule has 0 aromatic carbocycles. The maximum absolute atomic E-state index is 4.67. The van der Waals surface area contributed by atoms with Gasteiger partial charge < -0.3 is 10.6 Å². The highest BCUT2D eigenvalue weighted by Gasteiger charge is 2.04. The lowest BCUT2D eigenvalue weighted by Crippen LogP contribution is -2.38. The van der Waals surface area contributed by atoms with Crippen LogP contribution >= 0.6 is 11.3 Å². The summed E-state index contributed by atoms with van der Waals surface area (Å²) in [6.45, 7) is 6.90. The standard InChI is InChI=1S/C18H30N4S/c1-3-17-22-16(14-23-17)11-13-21-18(19-4-2)20-12-10-15-8-6-5-7-9-15/h8,14H,3-7,9-13H2,1-2H3,(H2,19,20,21). The zero-order chi connectivity index (χ0) is 16.3. The normalized spacial score (nSPS) is 15.4. The number of aromatic nitrogens is 1.